The third kappa shape index (κ3) is 2.07. The Hall–Kier alpha value is -0.970. The summed E-state index contributed by atoms with van der Waals surface area (Å²) >= 11 is 0. The molecule has 0 radical (unpaired) electrons. The van der Waals surface area contributed by atoms with Gasteiger partial charge in [-0.2, -0.15) is 0 Å². The molecule has 0 aromatic heterocycles. The average molecular weight is 278 g/mol. The highest BCUT2D eigenvalue weighted by molar-refractivity contribution is 5.95. The van der Waals surface area contributed by atoms with Crippen molar-refractivity contribution in [2.24, 2.45) is 5.92 Å². The number of rotatable bonds is 4. The van der Waals surface area contributed by atoms with Crippen LogP contribution in [0.4, 0.5) is 0 Å². The number of epoxide rings is 2. The van der Waals surface area contributed by atoms with E-state index in [1.165, 1.54) is 5.57 Å². The monoisotopic (exact) mass is 278 g/mol. The van der Waals surface area contributed by atoms with E-state index in [1.807, 2.05) is 6.08 Å². The van der Waals surface area contributed by atoms with Crippen molar-refractivity contribution in [2.45, 2.75) is 50.6 Å². The summed E-state index contributed by atoms with van der Waals surface area (Å²) in [4.78, 5) is 12.1. The first kappa shape index (κ1) is 14.0. The Balaban J connectivity index is 1.83. The van der Waals surface area contributed by atoms with Crippen LogP contribution in [0.1, 0.15) is 27.2 Å². The molecule has 1 spiro atoms. The van der Waals surface area contributed by atoms with Crippen molar-refractivity contribution in [1.29, 1.82) is 0 Å². The summed E-state index contributed by atoms with van der Waals surface area (Å²) in [6.07, 6.45) is 6.21. The van der Waals surface area contributed by atoms with Crippen molar-refractivity contribution in [3.8, 4) is 0 Å². The van der Waals surface area contributed by atoms with Crippen LogP contribution in [-0.4, -0.2) is 42.9 Å². The average Bonchev–Trinajstić information content (AvgIpc) is 3.29. The van der Waals surface area contributed by atoms with Crippen molar-refractivity contribution in [3.05, 3.63) is 23.8 Å². The second-order valence-corrected chi connectivity index (χ2v) is 6.42. The summed E-state index contributed by atoms with van der Waals surface area (Å²) in [5.41, 5.74) is 0.579. The van der Waals surface area contributed by atoms with Crippen LogP contribution in [0.2, 0.25) is 0 Å². The van der Waals surface area contributed by atoms with E-state index in [9.17, 15) is 4.79 Å². The molecule has 0 aromatic carbocycles. The van der Waals surface area contributed by atoms with Crippen LogP contribution >= 0.6 is 0 Å². The molecule has 4 nitrogen and oxygen atoms in total. The Kier molecular flexibility index (Phi) is 3.16. The topological polar surface area (TPSA) is 51.4 Å². The van der Waals surface area contributed by atoms with E-state index >= 15 is 0 Å². The number of carbonyl (C=O) groups excluding carboxylic acids is 1. The van der Waals surface area contributed by atoms with Gasteiger partial charge < -0.3 is 14.2 Å². The summed E-state index contributed by atoms with van der Waals surface area (Å²) in [6, 6.07) is 0. The maximum absolute atomic E-state index is 12.1. The number of ether oxygens (including phenoxy) is 3. The molecule has 2 saturated heterocycles. The number of carbonyl (C=O) groups is 1. The summed E-state index contributed by atoms with van der Waals surface area (Å²) in [6.45, 7) is 6.88. The quantitative estimate of drug-likeness (QED) is 0.583. The van der Waals surface area contributed by atoms with Crippen LogP contribution in [0.5, 0.6) is 0 Å². The van der Waals surface area contributed by atoms with Gasteiger partial charge in [-0.25, -0.2) is 0 Å². The third-order valence-corrected chi connectivity index (χ3v) is 4.71. The summed E-state index contributed by atoms with van der Waals surface area (Å²) < 4.78 is 17.1. The van der Waals surface area contributed by atoms with Gasteiger partial charge in [0.1, 0.15) is 17.3 Å². The Bertz CT molecular complexity index is 485. The van der Waals surface area contributed by atoms with E-state index in [2.05, 4.69) is 26.8 Å². The van der Waals surface area contributed by atoms with E-state index in [0.29, 0.717) is 6.61 Å². The van der Waals surface area contributed by atoms with Crippen LogP contribution < -0.4 is 0 Å². The molecular weight excluding hydrogens is 256 g/mol. The molecule has 0 amide bonds. The van der Waals surface area contributed by atoms with Crippen LogP contribution in [0.3, 0.4) is 0 Å². The SMILES string of the molecule is COC1C(=O)C=C[C@]2(CO2)C1[C@@]1(C)O[C@@H]1CC=C(C)C. The van der Waals surface area contributed by atoms with Gasteiger partial charge in [-0.05, 0) is 39.3 Å². The molecule has 0 N–H and O–H groups in total. The first-order valence-corrected chi connectivity index (χ1v) is 7.14. The number of allylic oxidation sites excluding steroid dienone is 1. The lowest BCUT2D eigenvalue weighted by Crippen LogP contribution is -2.50. The van der Waals surface area contributed by atoms with Gasteiger partial charge in [0.2, 0.25) is 0 Å². The maximum Gasteiger partial charge on any atom is 0.184 e. The number of hydrogen-bond donors (Lipinski definition) is 0. The van der Waals surface area contributed by atoms with E-state index in [-0.39, 0.29) is 29.0 Å². The molecule has 2 aliphatic heterocycles. The highest BCUT2D eigenvalue weighted by Gasteiger charge is 2.70. The maximum atomic E-state index is 12.1. The molecule has 5 atom stereocenters. The van der Waals surface area contributed by atoms with E-state index in [0.717, 1.165) is 6.42 Å². The Morgan fingerprint density at radius 2 is 2.25 bits per heavy atom. The molecule has 3 rings (SSSR count). The molecule has 0 saturated carbocycles. The second-order valence-electron chi connectivity index (χ2n) is 6.42. The zero-order valence-electron chi connectivity index (χ0n) is 12.5. The predicted octanol–water partition coefficient (Wildman–Crippen LogP) is 2.04. The van der Waals surface area contributed by atoms with Gasteiger partial charge in [0, 0.05) is 7.11 Å². The van der Waals surface area contributed by atoms with Crippen molar-refractivity contribution >= 4 is 5.78 Å². The fourth-order valence-corrected chi connectivity index (χ4v) is 3.41. The first-order chi connectivity index (χ1) is 9.43. The third-order valence-electron chi connectivity index (χ3n) is 4.71. The van der Waals surface area contributed by atoms with Crippen LogP contribution in [-0.2, 0) is 19.0 Å². The van der Waals surface area contributed by atoms with E-state index in [4.69, 9.17) is 14.2 Å². The fourth-order valence-electron chi connectivity index (χ4n) is 3.41. The van der Waals surface area contributed by atoms with Crippen molar-refractivity contribution in [2.75, 3.05) is 13.7 Å². The smallest absolute Gasteiger partial charge is 0.184 e. The van der Waals surface area contributed by atoms with Gasteiger partial charge in [0.25, 0.3) is 0 Å². The highest BCUT2D eigenvalue weighted by Crippen LogP contribution is 2.57. The largest absolute Gasteiger partial charge is 0.373 e. The summed E-state index contributed by atoms with van der Waals surface area (Å²) in [7, 11) is 1.58. The molecular formula is C16H22O4. The molecule has 2 unspecified atom stereocenters. The molecule has 0 bridgehead atoms. The molecule has 110 valence electrons. The molecule has 3 aliphatic rings. The predicted molar refractivity (Wildman–Crippen MR) is 74.4 cm³/mol. The van der Waals surface area contributed by atoms with Crippen LogP contribution in [0.25, 0.3) is 0 Å². The summed E-state index contributed by atoms with van der Waals surface area (Å²) in [5.74, 6) is -0.0515. The van der Waals surface area contributed by atoms with Crippen LogP contribution in [0.15, 0.2) is 23.8 Å². The normalized spacial score (nSPS) is 45.6. The fraction of sp³-hybridized carbons (Fsp3) is 0.688. The van der Waals surface area contributed by atoms with Gasteiger partial charge in [0.05, 0.1) is 18.6 Å². The zero-order chi connectivity index (χ0) is 14.5. The zero-order valence-corrected chi connectivity index (χ0v) is 12.5. The molecule has 4 heteroatoms. The lowest BCUT2D eigenvalue weighted by molar-refractivity contribution is -0.132. The minimum Gasteiger partial charge on any atom is -0.373 e. The van der Waals surface area contributed by atoms with E-state index in [1.54, 1.807) is 13.2 Å². The molecule has 2 fully saturated rings. The summed E-state index contributed by atoms with van der Waals surface area (Å²) in [5, 5.41) is 0. The minimum absolute atomic E-state index is 0.0105. The molecule has 1 aliphatic carbocycles. The number of hydrogen-bond acceptors (Lipinski definition) is 4. The van der Waals surface area contributed by atoms with Gasteiger partial charge in [-0.3, -0.25) is 4.79 Å². The van der Waals surface area contributed by atoms with Crippen molar-refractivity contribution in [3.63, 3.8) is 0 Å². The van der Waals surface area contributed by atoms with Gasteiger partial charge in [-0.15, -0.1) is 0 Å². The minimum atomic E-state index is -0.468. The van der Waals surface area contributed by atoms with Gasteiger partial charge >= 0.3 is 0 Å². The molecule has 20 heavy (non-hydrogen) atoms. The Morgan fingerprint density at radius 1 is 1.55 bits per heavy atom. The lowest BCUT2D eigenvalue weighted by Gasteiger charge is -2.34. The molecule has 2 heterocycles. The molecule has 0 aromatic rings. The standard InChI is InChI=1S/C16H22O4/c1-10(2)5-6-12-15(3,20-12)14-13(18-4)11(17)7-8-16(14)9-19-16/h5,7-8,12-14H,6,9H2,1-4H3/t12-,13?,14?,15+,16+/m1/s1. The Labute approximate surface area is 119 Å². The van der Waals surface area contributed by atoms with Crippen LogP contribution in [0, 0.1) is 5.92 Å². The Morgan fingerprint density at radius 3 is 2.80 bits per heavy atom. The number of ketones is 1. The number of methoxy groups -OCH3 is 1. The lowest BCUT2D eigenvalue weighted by atomic mass is 9.72. The van der Waals surface area contributed by atoms with Crippen molar-refractivity contribution in [1.82, 2.24) is 0 Å². The second kappa shape index (κ2) is 4.52. The van der Waals surface area contributed by atoms with Crippen molar-refractivity contribution < 1.29 is 19.0 Å². The first-order valence-electron chi connectivity index (χ1n) is 7.14. The van der Waals surface area contributed by atoms with E-state index < -0.39 is 6.10 Å². The van der Waals surface area contributed by atoms with Gasteiger partial charge in [0.15, 0.2) is 5.78 Å². The van der Waals surface area contributed by atoms with Gasteiger partial charge in [-0.1, -0.05) is 11.6 Å². The highest BCUT2D eigenvalue weighted by atomic mass is 16.6.